The molecule has 21 heavy (non-hydrogen) atoms. The molecule has 1 aliphatic rings. The molecule has 0 bridgehead atoms. The summed E-state index contributed by atoms with van der Waals surface area (Å²) in [5, 5.41) is 3.54. The number of furan rings is 1. The number of ether oxygens (including phenoxy) is 2. The van der Waals surface area contributed by atoms with Gasteiger partial charge in [-0.3, -0.25) is 0 Å². The Bertz CT molecular complexity index is 563. The quantitative estimate of drug-likeness (QED) is 0.882. The highest BCUT2D eigenvalue weighted by Gasteiger charge is 2.36. The molecule has 2 aromatic rings. The van der Waals surface area contributed by atoms with Gasteiger partial charge in [0.05, 0.1) is 17.2 Å². The first-order chi connectivity index (χ1) is 10.2. The van der Waals surface area contributed by atoms with Gasteiger partial charge in [-0.15, -0.1) is 11.3 Å². The summed E-state index contributed by atoms with van der Waals surface area (Å²) in [4.78, 5) is 1.13. The first-order valence-corrected chi connectivity index (χ1v) is 8.07. The van der Waals surface area contributed by atoms with Crippen molar-refractivity contribution in [3.05, 3.63) is 45.5 Å². The standard InChI is InChI=1S/C15H18ClNO3S/c1-18-15(6-8-19-10-15)9-17-14(11-3-2-7-20-11)12-4-5-13(16)21-12/h2-5,7,14,17H,6,8-10H2,1H3. The fourth-order valence-corrected chi connectivity index (χ4v) is 3.67. The van der Waals surface area contributed by atoms with Crippen molar-refractivity contribution in [2.45, 2.75) is 18.1 Å². The van der Waals surface area contributed by atoms with Crippen molar-refractivity contribution in [1.82, 2.24) is 5.32 Å². The van der Waals surface area contributed by atoms with Crippen LogP contribution in [0.4, 0.5) is 0 Å². The van der Waals surface area contributed by atoms with Gasteiger partial charge in [0.2, 0.25) is 0 Å². The van der Waals surface area contributed by atoms with E-state index in [0.29, 0.717) is 13.2 Å². The molecule has 0 spiro atoms. The first kappa shape index (κ1) is 15.1. The van der Waals surface area contributed by atoms with Crippen LogP contribution in [0.25, 0.3) is 0 Å². The zero-order valence-electron chi connectivity index (χ0n) is 11.8. The van der Waals surface area contributed by atoms with Gasteiger partial charge >= 0.3 is 0 Å². The molecule has 0 amide bonds. The Morgan fingerprint density at radius 3 is 2.95 bits per heavy atom. The highest BCUT2D eigenvalue weighted by molar-refractivity contribution is 7.16. The molecule has 0 aromatic carbocycles. The van der Waals surface area contributed by atoms with Crippen LogP contribution in [0.15, 0.2) is 34.9 Å². The van der Waals surface area contributed by atoms with E-state index in [0.717, 1.165) is 28.0 Å². The lowest BCUT2D eigenvalue weighted by Crippen LogP contribution is -2.44. The third-order valence-electron chi connectivity index (χ3n) is 3.83. The average molecular weight is 328 g/mol. The van der Waals surface area contributed by atoms with Gasteiger partial charge in [-0.1, -0.05) is 11.6 Å². The van der Waals surface area contributed by atoms with Crippen molar-refractivity contribution < 1.29 is 13.9 Å². The molecule has 0 radical (unpaired) electrons. The van der Waals surface area contributed by atoms with E-state index >= 15 is 0 Å². The summed E-state index contributed by atoms with van der Waals surface area (Å²) in [6.07, 6.45) is 2.58. The Hall–Kier alpha value is -0.850. The molecular weight excluding hydrogens is 310 g/mol. The van der Waals surface area contributed by atoms with E-state index in [1.807, 2.05) is 24.3 Å². The largest absolute Gasteiger partial charge is 0.467 e. The van der Waals surface area contributed by atoms with Gasteiger partial charge in [-0.2, -0.15) is 0 Å². The maximum Gasteiger partial charge on any atom is 0.126 e. The van der Waals surface area contributed by atoms with Crippen LogP contribution in [0.2, 0.25) is 4.34 Å². The van der Waals surface area contributed by atoms with Crippen LogP contribution < -0.4 is 5.32 Å². The summed E-state index contributed by atoms with van der Waals surface area (Å²) in [5.41, 5.74) is -0.258. The van der Waals surface area contributed by atoms with Gasteiger partial charge in [-0.25, -0.2) is 0 Å². The molecule has 114 valence electrons. The topological polar surface area (TPSA) is 43.6 Å². The molecule has 2 aromatic heterocycles. The Morgan fingerprint density at radius 1 is 1.48 bits per heavy atom. The summed E-state index contributed by atoms with van der Waals surface area (Å²) in [6.45, 7) is 2.06. The molecule has 1 saturated heterocycles. The minimum atomic E-state index is -0.258. The van der Waals surface area contributed by atoms with Crippen molar-refractivity contribution in [2.75, 3.05) is 26.9 Å². The highest BCUT2D eigenvalue weighted by Crippen LogP contribution is 2.32. The van der Waals surface area contributed by atoms with Crippen LogP contribution in [-0.4, -0.2) is 32.5 Å². The van der Waals surface area contributed by atoms with Crippen LogP contribution in [-0.2, 0) is 9.47 Å². The van der Waals surface area contributed by atoms with Crippen molar-refractivity contribution in [1.29, 1.82) is 0 Å². The van der Waals surface area contributed by atoms with E-state index < -0.39 is 0 Å². The van der Waals surface area contributed by atoms with Crippen LogP contribution in [0, 0.1) is 0 Å². The van der Waals surface area contributed by atoms with E-state index in [2.05, 4.69) is 5.32 Å². The molecule has 6 heteroatoms. The van der Waals surface area contributed by atoms with Gasteiger partial charge in [0.15, 0.2) is 0 Å². The number of nitrogens with one attached hydrogen (secondary N) is 1. The highest BCUT2D eigenvalue weighted by atomic mass is 35.5. The zero-order valence-corrected chi connectivity index (χ0v) is 13.4. The van der Waals surface area contributed by atoms with Crippen molar-refractivity contribution in [3.8, 4) is 0 Å². The van der Waals surface area contributed by atoms with E-state index in [1.165, 1.54) is 0 Å². The summed E-state index contributed by atoms with van der Waals surface area (Å²) < 4.78 is 17.5. The normalized spacial score (nSPS) is 23.5. The number of rotatable bonds is 6. The number of halogens is 1. The van der Waals surface area contributed by atoms with Crippen molar-refractivity contribution in [3.63, 3.8) is 0 Å². The average Bonchev–Trinajstić information content (AvgIpc) is 3.22. The lowest BCUT2D eigenvalue weighted by atomic mass is 10.0. The molecule has 0 saturated carbocycles. The second-order valence-corrected chi connectivity index (χ2v) is 6.91. The summed E-state index contributed by atoms with van der Waals surface area (Å²) in [6, 6.07) is 7.77. The fourth-order valence-electron chi connectivity index (χ4n) is 2.53. The first-order valence-electron chi connectivity index (χ1n) is 6.87. The fraction of sp³-hybridized carbons (Fsp3) is 0.467. The smallest absolute Gasteiger partial charge is 0.126 e. The second kappa shape index (κ2) is 6.50. The molecule has 3 rings (SSSR count). The van der Waals surface area contributed by atoms with E-state index in [4.69, 9.17) is 25.5 Å². The molecule has 2 atom stereocenters. The molecule has 2 unspecified atom stereocenters. The summed E-state index contributed by atoms with van der Waals surface area (Å²) in [7, 11) is 1.74. The van der Waals surface area contributed by atoms with Crippen LogP contribution in [0.1, 0.15) is 23.1 Å². The van der Waals surface area contributed by atoms with Gasteiger partial charge in [0, 0.05) is 31.6 Å². The van der Waals surface area contributed by atoms with Crippen LogP contribution in [0.5, 0.6) is 0 Å². The third-order valence-corrected chi connectivity index (χ3v) is 5.13. The summed E-state index contributed by atoms with van der Waals surface area (Å²) >= 11 is 7.62. The van der Waals surface area contributed by atoms with E-state index in [1.54, 1.807) is 24.7 Å². The van der Waals surface area contributed by atoms with Gasteiger partial charge < -0.3 is 19.2 Å². The Balaban J connectivity index is 1.77. The Labute approximate surface area is 133 Å². The van der Waals surface area contributed by atoms with E-state index in [9.17, 15) is 0 Å². The molecule has 1 fully saturated rings. The number of thiophene rings is 1. The summed E-state index contributed by atoms with van der Waals surface area (Å²) in [5.74, 6) is 0.874. The predicted molar refractivity (Wildman–Crippen MR) is 83.1 cm³/mol. The molecular formula is C15H18ClNO3S. The second-order valence-electron chi connectivity index (χ2n) is 5.16. The lowest BCUT2D eigenvalue weighted by molar-refractivity contribution is -0.0171. The number of methoxy groups -OCH3 is 1. The van der Waals surface area contributed by atoms with Gasteiger partial charge in [0.1, 0.15) is 17.4 Å². The zero-order chi connectivity index (χ0) is 14.7. The molecule has 3 heterocycles. The van der Waals surface area contributed by atoms with Crippen molar-refractivity contribution >= 4 is 22.9 Å². The minimum Gasteiger partial charge on any atom is -0.467 e. The minimum absolute atomic E-state index is 0.0230. The predicted octanol–water partition coefficient (Wildman–Crippen LogP) is 3.48. The number of hydrogen-bond acceptors (Lipinski definition) is 5. The Kier molecular flexibility index (Phi) is 4.66. The molecule has 1 N–H and O–H groups in total. The van der Waals surface area contributed by atoms with Crippen LogP contribution >= 0.6 is 22.9 Å². The monoisotopic (exact) mass is 327 g/mol. The van der Waals surface area contributed by atoms with Gasteiger partial charge in [0.25, 0.3) is 0 Å². The molecule has 1 aliphatic heterocycles. The number of hydrogen-bond donors (Lipinski definition) is 1. The van der Waals surface area contributed by atoms with E-state index in [-0.39, 0.29) is 11.6 Å². The SMILES string of the molecule is COC1(CNC(c2ccco2)c2ccc(Cl)s2)CCOC1. The molecule has 4 nitrogen and oxygen atoms in total. The lowest BCUT2D eigenvalue weighted by Gasteiger charge is -2.28. The van der Waals surface area contributed by atoms with Crippen molar-refractivity contribution in [2.24, 2.45) is 0 Å². The third kappa shape index (κ3) is 3.33. The maximum atomic E-state index is 6.06. The molecule has 0 aliphatic carbocycles. The van der Waals surface area contributed by atoms with Crippen LogP contribution in [0.3, 0.4) is 0 Å². The Morgan fingerprint density at radius 2 is 2.38 bits per heavy atom. The maximum absolute atomic E-state index is 6.06. The van der Waals surface area contributed by atoms with Gasteiger partial charge in [-0.05, 0) is 24.3 Å².